The lowest BCUT2D eigenvalue weighted by Gasteiger charge is -2.28. The second-order valence-electron chi connectivity index (χ2n) is 18.5. The Labute approximate surface area is 454 Å². The van der Waals surface area contributed by atoms with Gasteiger partial charge in [-0.15, -0.1) is 0 Å². The second kappa shape index (κ2) is 22.4. The van der Waals surface area contributed by atoms with Gasteiger partial charge in [-0.25, -0.2) is 0 Å². The van der Waals surface area contributed by atoms with E-state index in [1.54, 1.807) is 12.1 Å². The van der Waals surface area contributed by atoms with Gasteiger partial charge in [-0.1, -0.05) is 158 Å². The summed E-state index contributed by atoms with van der Waals surface area (Å²) in [5.41, 5.74) is 16.4. The number of anilines is 12. The minimum atomic E-state index is 0.451. The summed E-state index contributed by atoms with van der Waals surface area (Å²) in [4.78, 5) is 8.88. The molecular formula is C72H54N4O. The average Bonchev–Trinajstić information content (AvgIpc) is 3.51. The van der Waals surface area contributed by atoms with E-state index >= 15 is 0 Å². The number of ether oxygens (including phenoxy) is 1. The van der Waals surface area contributed by atoms with Crippen LogP contribution in [0.1, 0.15) is 2.74 Å². The van der Waals surface area contributed by atoms with Gasteiger partial charge in [0.05, 0.1) is 2.74 Å². The molecule has 5 nitrogen and oxygen atoms in total. The van der Waals surface area contributed by atoms with Gasteiger partial charge < -0.3 is 24.3 Å². The van der Waals surface area contributed by atoms with E-state index in [1.807, 2.05) is 72.8 Å². The highest BCUT2D eigenvalue weighted by molar-refractivity contribution is 5.84. The first-order valence-corrected chi connectivity index (χ1v) is 25.8. The standard InChI is InChI=1S/C72H54N4O/c1-7-19-55(20-8-1)57-31-35-63(36-32-57)73(59-23-11-3-12-24-59)65-39-43-67(44-40-65)75(61-27-15-5-16-28-61)69-47-51-71(52-48-69)77-72-53-49-70(50-54-72)76(62-29-17-6-18-30-62)68-45-41-66(42-46-68)74(60-25-13-4-14-26-60)64-37-33-58(34-38-64)56-21-9-2-10-22-56/h1-54H/i11T,13T. The molecule has 0 radical (unpaired) electrons. The molecule has 0 atom stereocenters. The summed E-state index contributed by atoms with van der Waals surface area (Å²) in [5, 5.41) is 0. The van der Waals surface area contributed by atoms with Crippen molar-refractivity contribution in [2.75, 3.05) is 19.6 Å². The molecule has 0 aliphatic carbocycles. The van der Waals surface area contributed by atoms with E-state index in [9.17, 15) is 0 Å². The first-order chi connectivity index (χ1) is 39.0. The van der Waals surface area contributed by atoms with Gasteiger partial charge in [-0.3, -0.25) is 0 Å². The third kappa shape index (κ3) is 10.7. The summed E-state index contributed by atoms with van der Waals surface area (Å²) in [5.74, 6) is 1.44. The Morgan fingerprint density at radius 2 is 0.377 bits per heavy atom. The van der Waals surface area contributed by atoms with E-state index < -0.39 is 0 Å². The Hall–Kier alpha value is -10.4. The van der Waals surface area contributed by atoms with Crippen molar-refractivity contribution >= 4 is 68.2 Å². The normalized spacial score (nSPS) is 11.2. The number of hydrogen-bond donors (Lipinski definition) is 0. The van der Waals surface area contributed by atoms with Gasteiger partial charge in [-0.05, 0) is 192 Å². The van der Waals surface area contributed by atoms with Crippen LogP contribution in [0.5, 0.6) is 11.5 Å². The fraction of sp³-hybridized carbons (Fsp3) is 0. The summed E-state index contributed by atoms with van der Waals surface area (Å²) in [7, 11) is 0. The zero-order chi connectivity index (χ0) is 53.3. The van der Waals surface area contributed by atoms with Crippen LogP contribution >= 0.6 is 0 Å². The van der Waals surface area contributed by atoms with Crippen molar-refractivity contribution in [1.82, 2.24) is 0 Å². The average molecular weight is 995 g/mol. The van der Waals surface area contributed by atoms with Crippen molar-refractivity contribution in [3.63, 3.8) is 0 Å². The first kappa shape index (κ1) is 45.3. The van der Waals surface area contributed by atoms with Crippen LogP contribution in [-0.4, -0.2) is 0 Å². The fourth-order valence-electron chi connectivity index (χ4n) is 9.82. The molecule has 368 valence electrons. The molecule has 0 heterocycles. The first-order valence-electron chi connectivity index (χ1n) is 26.8. The minimum absolute atomic E-state index is 0.451. The smallest absolute Gasteiger partial charge is 0.127 e. The van der Waals surface area contributed by atoms with Gasteiger partial charge in [0.2, 0.25) is 0 Å². The lowest BCUT2D eigenvalue weighted by atomic mass is 10.0. The maximum Gasteiger partial charge on any atom is 0.127 e. The Kier molecular flexibility index (Phi) is 13.2. The van der Waals surface area contributed by atoms with Crippen molar-refractivity contribution in [2.45, 2.75) is 0 Å². The predicted molar refractivity (Wildman–Crippen MR) is 323 cm³/mol. The van der Waals surface area contributed by atoms with Gasteiger partial charge in [-0.2, -0.15) is 0 Å². The minimum Gasteiger partial charge on any atom is -0.457 e. The molecule has 12 aromatic carbocycles. The highest BCUT2D eigenvalue weighted by atomic mass is 16.5. The van der Waals surface area contributed by atoms with Gasteiger partial charge >= 0.3 is 0 Å². The molecule has 0 bridgehead atoms. The van der Waals surface area contributed by atoms with Crippen LogP contribution in [0, 0.1) is 0 Å². The molecule has 0 aliphatic rings. The summed E-state index contributed by atoms with van der Waals surface area (Å²) < 4.78 is 23.5. The van der Waals surface area contributed by atoms with Crippen LogP contribution in [0.25, 0.3) is 22.3 Å². The van der Waals surface area contributed by atoms with Crippen molar-refractivity contribution in [3.8, 4) is 33.8 Å². The summed E-state index contributed by atoms with van der Waals surface area (Å²) >= 11 is 0. The SMILES string of the molecule is [3H]c1cccc(N(c2ccc(-c3ccccc3)cc2)c2ccc(N(c3ccccc3)c3ccc(Oc4ccc(N(c5ccccc5)c5ccc(N(c6ccc(-c7ccccc7)cc6)c6cccc([3H])c6)cc5)cc4)cc3)cc2)c1. The monoisotopic (exact) mass is 994 g/mol. The number of para-hydroxylation sites is 4. The van der Waals surface area contributed by atoms with Gasteiger partial charge in [0.1, 0.15) is 11.5 Å². The molecular weight excluding hydrogens is 937 g/mol. The molecule has 0 fully saturated rings. The van der Waals surface area contributed by atoms with Crippen LogP contribution in [-0.2, 0) is 0 Å². The molecule has 0 N–H and O–H groups in total. The van der Waals surface area contributed by atoms with Crippen LogP contribution in [0.3, 0.4) is 0 Å². The van der Waals surface area contributed by atoms with Crippen LogP contribution in [0.4, 0.5) is 68.2 Å². The van der Waals surface area contributed by atoms with Crippen molar-refractivity contribution in [3.05, 3.63) is 328 Å². The summed E-state index contributed by atoms with van der Waals surface area (Å²) in [6, 6.07) is 109. The van der Waals surface area contributed by atoms with Crippen LogP contribution < -0.4 is 24.3 Å². The number of rotatable bonds is 16. The van der Waals surface area contributed by atoms with Crippen molar-refractivity contribution in [2.24, 2.45) is 0 Å². The number of benzene rings is 12. The molecule has 0 aliphatic heterocycles. The Bertz CT molecular complexity index is 3650. The lowest BCUT2D eigenvalue weighted by Crippen LogP contribution is -2.12. The Morgan fingerprint density at radius 1 is 0.182 bits per heavy atom. The van der Waals surface area contributed by atoms with E-state index in [1.165, 1.54) is 11.1 Å². The van der Waals surface area contributed by atoms with Crippen LogP contribution in [0.2, 0.25) is 0 Å². The quantitative estimate of drug-likeness (QED) is 0.0959. The highest BCUT2D eigenvalue weighted by Crippen LogP contribution is 2.43. The largest absolute Gasteiger partial charge is 0.457 e. The third-order valence-corrected chi connectivity index (χ3v) is 13.5. The molecule has 5 heteroatoms. The lowest BCUT2D eigenvalue weighted by molar-refractivity contribution is 0.483. The van der Waals surface area contributed by atoms with Crippen molar-refractivity contribution in [1.29, 1.82) is 0 Å². The molecule has 77 heavy (non-hydrogen) atoms. The third-order valence-electron chi connectivity index (χ3n) is 13.5. The van der Waals surface area contributed by atoms with Gasteiger partial charge in [0.15, 0.2) is 0 Å². The molecule has 0 aromatic heterocycles. The molecule has 0 saturated heterocycles. The Morgan fingerprint density at radius 3 is 0.649 bits per heavy atom. The van der Waals surface area contributed by atoms with E-state index in [2.05, 4.69) is 250 Å². The zero-order valence-corrected chi connectivity index (χ0v) is 42.2. The second-order valence-corrected chi connectivity index (χ2v) is 18.5. The number of nitrogens with zero attached hydrogens (tertiary/aromatic N) is 4. The fourth-order valence-corrected chi connectivity index (χ4v) is 9.82. The Balaban J connectivity index is 0.790. The van der Waals surface area contributed by atoms with E-state index in [0.29, 0.717) is 12.1 Å². The van der Waals surface area contributed by atoms with E-state index in [-0.39, 0.29) is 0 Å². The van der Waals surface area contributed by atoms with E-state index in [4.69, 9.17) is 7.48 Å². The van der Waals surface area contributed by atoms with Crippen LogP contribution in [0.15, 0.2) is 328 Å². The van der Waals surface area contributed by atoms with Crippen molar-refractivity contribution < 1.29 is 7.48 Å². The maximum atomic E-state index is 8.47. The zero-order valence-electron chi connectivity index (χ0n) is 44.2. The molecule has 12 aromatic rings. The molecule has 0 spiro atoms. The van der Waals surface area contributed by atoms with Gasteiger partial charge in [0, 0.05) is 68.2 Å². The highest BCUT2D eigenvalue weighted by Gasteiger charge is 2.19. The molecule has 12 rings (SSSR count). The van der Waals surface area contributed by atoms with Gasteiger partial charge in [0.25, 0.3) is 0 Å². The molecule has 0 unspecified atom stereocenters. The summed E-state index contributed by atoms with van der Waals surface area (Å²) in [6.45, 7) is 0. The molecule has 0 amide bonds. The predicted octanol–water partition coefficient (Wildman–Crippen LogP) is 20.7. The summed E-state index contributed by atoms with van der Waals surface area (Å²) in [6.07, 6.45) is 0. The molecule has 0 saturated carbocycles. The van der Waals surface area contributed by atoms with E-state index in [0.717, 1.165) is 90.9 Å². The topological polar surface area (TPSA) is 22.2 Å². The number of hydrogen-bond acceptors (Lipinski definition) is 5. The maximum absolute atomic E-state index is 8.47.